The Kier molecular flexibility index (Phi) is 5.28. The van der Waals surface area contributed by atoms with Gasteiger partial charge in [0.05, 0.1) is 17.7 Å². The molecule has 2 aromatic heterocycles. The van der Waals surface area contributed by atoms with E-state index in [1.54, 1.807) is 18.2 Å². The van der Waals surface area contributed by atoms with Crippen LogP contribution < -0.4 is 5.32 Å². The number of aliphatic hydroxyl groups excluding tert-OH is 1. The Hall–Kier alpha value is -2.74. The molecule has 0 aliphatic carbocycles. The fraction of sp³-hybridized carbons (Fsp3) is 0.440. The van der Waals surface area contributed by atoms with Crippen LogP contribution in [0.3, 0.4) is 0 Å². The predicted molar refractivity (Wildman–Crippen MR) is 122 cm³/mol. The van der Waals surface area contributed by atoms with Gasteiger partial charge in [0, 0.05) is 39.1 Å². The van der Waals surface area contributed by atoms with Crippen molar-refractivity contribution in [3.05, 3.63) is 70.7 Å². The molecule has 2 N–H and O–H groups in total. The van der Waals surface area contributed by atoms with E-state index in [0.717, 1.165) is 29.7 Å². The van der Waals surface area contributed by atoms with Gasteiger partial charge in [0.25, 0.3) is 5.91 Å². The van der Waals surface area contributed by atoms with Gasteiger partial charge in [-0.2, -0.15) is 0 Å². The van der Waals surface area contributed by atoms with E-state index in [4.69, 9.17) is 4.74 Å². The smallest absolute Gasteiger partial charge is 0.274 e. The van der Waals surface area contributed by atoms with E-state index in [0.29, 0.717) is 25.2 Å². The summed E-state index contributed by atoms with van der Waals surface area (Å²) in [6, 6.07) is 10.4. The highest BCUT2D eigenvalue weighted by atomic mass is 16.5. The van der Waals surface area contributed by atoms with Crippen molar-refractivity contribution >= 4 is 11.6 Å². The van der Waals surface area contributed by atoms with Gasteiger partial charge in [-0.1, -0.05) is 24.3 Å². The number of carbonyl (C=O) groups is 1. The first-order valence-electron chi connectivity index (χ1n) is 11.2. The van der Waals surface area contributed by atoms with E-state index >= 15 is 0 Å². The second-order valence-electron chi connectivity index (χ2n) is 9.16. The molecule has 0 bridgehead atoms. The summed E-state index contributed by atoms with van der Waals surface area (Å²) in [7, 11) is 1.68. The monoisotopic (exact) mass is 434 g/mol. The molecule has 2 aliphatic rings. The first-order valence-corrected chi connectivity index (χ1v) is 11.2. The minimum absolute atomic E-state index is 0.0405. The summed E-state index contributed by atoms with van der Waals surface area (Å²) >= 11 is 0. The number of ether oxygens (including phenoxy) is 1. The van der Waals surface area contributed by atoms with Crippen LogP contribution in [0.1, 0.15) is 52.2 Å². The molecule has 1 saturated heterocycles. The molecule has 7 nitrogen and oxygen atoms in total. The lowest BCUT2D eigenvalue weighted by Crippen LogP contribution is -2.65. The van der Waals surface area contributed by atoms with E-state index in [9.17, 15) is 9.90 Å². The SMILES string of the molecule is COC(C)c1cc(C)c2nc(C(=O)N3CC[C@]4(Cc5ccccc5CN4)C(O)C3)cn2c1. The maximum absolute atomic E-state index is 13.3. The maximum atomic E-state index is 13.3. The Labute approximate surface area is 188 Å². The topological polar surface area (TPSA) is 79.1 Å². The van der Waals surface area contributed by atoms with E-state index in [1.807, 2.05) is 42.6 Å². The Morgan fingerprint density at radius 2 is 2.09 bits per heavy atom. The zero-order chi connectivity index (χ0) is 22.5. The summed E-state index contributed by atoms with van der Waals surface area (Å²) < 4.78 is 7.33. The molecular weight excluding hydrogens is 404 g/mol. The number of piperidine rings is 1. The van der Waals surface area contributed by atoms with E-state index < -0.39 is 6.10 Å². The average molecular weight is 435 g/mol. The van der Waals surface area contributed by atoms with Gasteiger partial charge >= 0.3 is 0 Å². The molecule has 1 spiro atoms. The number of pyridine rings is 1. The molecule has 1 aromatic carbocycles. The standard InChI is InChI=1S/C25H30N4O3/c1-16-10-20(17(2)32-3)13-29-14-21(27-23(16)29)24(31)28-9-8-25(22(30)15-28)11-18-6-4-5-7-19(18)12-26-25/h4-7,10,13-14,17,22,26,30H,8-9,11-12,15H2,1-3H3/t17?,22?,25-/m0/s1. The van der Waals surface area contributed by atoms with Crippen molar-refractivity contribution in [3.63, 3.8) is 0 Å². The number of aliphatic hydroxyl groups is 1. The number of methoxy groups -OCH3 is 1. The van der Waals surface area contributed by atoms with Gasteiger partial charge in [0.1, 0.15) is 11.3 Å². The number of rotatable bonds is 3. The largest absolute Gasteiger partial charge is 0.389 e. The highest BCUT2D eigenvalue weighted by molar-refractivity contribution is 5.93. The summed E-state index contributed by atoms with van der Waals surface area (Å²) in [5, 5.41) is 14.7. The Morgan fingerprint density at radius 3 is 2.84 bits per heavy atom. The van der Waals surface area contributed by atoms with Gasteiger partial charge in [-0.25, -0.2) is 4.98 Å². The number of hydrogen-bond donors (Lipinski definition) is 2. The summed E-state index contributed by atoms with van der Waals surface area (Å²) in [5.74, 6) is -0.139. The number of amides is 1. The van der Waals surface area contributed by atoms with Gasteiger partial charge in [-0.05, 0) is 55.0 Å². The van der Waals surface area contributed by atoms with Crippen LogP contribution in [-0.2, 0) is 17.7 Å². The number of nitrogens with zero attached hydrogens (tertiary/aromatic N) is 3. The van der Waals surface area contributed by atoms with Crippen molar-refractivity contribution < 1.29 is 14.6 Å². The molecular formula is C25H30N4O3. The first kappa shape index (κ1) is 21.1. The molecule has 4 heterocycles. The predicted octanol–water partition coefficient (Wildman–Crippen LogP) is 2.64. The number of fused-ring (bicyclic) bond motifs is 2. The maximum Gasteiger partial charge on any atom is 0.274 e. The minimum atomic E-state index is -0.638. The fourth-order valence-electron chi connectivity index (χ4n) is 5.07. The van der Waals surface area contributed by atoms with Crippen molar-refractivity contribution in [2.45, 2.75) is 51.0 Å². The quantitative estimate of drug-likeness (QED) is 0.663. The van der Waals surface area contributed by atoms with E-state index in [1.165, 1.54) is 11.1 Å². The first-order chi connectivity index (χ1) is 15.4. The van der Waals surface area contributed by atoms with Crippen molar-refractivity contribution in [2.24, 2.45) is 0 Å². The Balaban J connectivity index is 1.35. The highest BCUT2D eigenvalue weighted by Gasteiger charge is 2.45. The molecule has 7 heteroatoms. The molecule has 0 radical (unpaired) electrons. The van der Waals surface area contributed by atoms with Crippen molar-refractivity contribution in [1.29, 1.82) is 0 Å². The third kappa shape index (κ3) is 3.50. The zero-order valence-electron chi connectivity index (χ0n) is 18.8. The number of nitrogens with one attached hydrogen (secondary N) is 1. The van der Waals surface area contributed by atoms with Crippen molar-refractivity contribution in [2.75, 3.05) is 20.2 Å². The average Bonchev–Trinajstić information content (AvgIpc) is 3.25. The van der Waals surface area contributed by atoms with Crippen LogP contribution in [0.5, 0.6) is 0 Å². The lowest BCUT2D eigenvalue weighted by molar-refractivity contribution is -0.0140. The number of benzene rings is 1. The van der Waals surface area contributed by atoms with Crippen LogP contribution in [0.25, 0.3) is 5.65 Å². The van der Waals surface area contributed by atoms with Crippen LogP contribution >= 0.6 is 0 Å². The number of aromatic nitrogens is 2. The van der Waals surface area contributed by atoms with Crippen LogP contribution in [-0.4, -0.2) is 57.1 Å². The normalized spacial score (nSPS) is 24.0. The highest BCUT2D eigenvalue weighted by Crippen LogP contribution is 2.32. The number of hydrogen-bond acceptors (Lipinski definition) is 5. The second-order valence-corrected chi connectivity index (χ2v) is 9.16. The zero-order valence-corrected chi connectivity index (χ0v) is 18.8. The minimum Gasteiger partial charge on any atom is -0.389 e. The molecule has 5 rings (SSSR count). The summed E-state index contributed by atoms with van der Waals surface area (Å²) in [4.78, 5) is 19.6. The van der Waals surface area contributed by atoms with Gasteiger partial charge < -0.3 is 24.5 Å². The molecule has 168 valence electrons. The van der Waals surface area contributed by atoms with Crippen molar-refractivity contribution in [3.8, 4) is 0 Å². The number of β-amino-alcohol motifs (C(OH)–C–C–N with tert-alkyl or cyclic N) is 1. The molecule has 0 saturated carbocycles. The lowest BCUT2D eigenvalue weighted by atomic mass is 9.76. The number of aryl methyl sites for hydroxylation is 1. The second kappa shape index (κ2) is 7.99. The number of imidazole rings is 1. The lowest BCUT2D eigenvalue weighted by Gasteiger charge is -2.48. The van der Waals surface area contributed by atoms with Crippen LogP contribution in [0.2, 0.25) is 0 Å². The van der Waals surface area contributed by atoms with E-state index in [-0.39, 0.29) is 17.6 Å². The van der Waals surface area contributed by atoms with E-state index in [2.05, 4.69) is 22.4 Å². The molecule has 3 aromatic rings. The van der Waals surface area contributed by atoms with Crippen LogP contribution in [0.4, 0.5) is 0 Å². The van der Waals surface area contributed by atoms with Gasteiger partial charge in [0.15, 0.2) is 0 Å². The number of carbonyl (C=O) groups excluding carboxylic acids is 1. The molecule has 32 heavy (non-hydrogen) atoms. The summed E-state index contributed by atoms with van der Waals surface area (Å²) in [6.07, 6.45) is 4.55. The third-order valence-electron chi connectivity index (χ3n) is 7.20. The molecule has 3 atom stereocenters. The van der Waals surface area contributed by atoms with Gasteiger partial charge in [-0.15, -0.1) is 0 Å². The summed E-state index contributed by atoms with van der Waals surface area (Å²) in [6.45, 7) is 5.61. The molecule has 2 unspecified atom stereocenters. The Bertz CT molecular complexity index is 1170. The van der Waals surface area contributed by atoms with Crippen LogP contribution in [0.15, 0.2) is 42.7 Å². The third-order valence-corrected chi connectivity index (χ3v) is 7.20. The molecule has 2 aliphatic heterocycles. The van der Waals surface area contributed by atoms with Crippen LogP contribution in [0, 0.1) is 6.92 Å². The van der Waals surface area contributed by atoms with Gasteiger partial charge in [-0.3, -0.25) is 4.79 Å². The summed E-state index contributed by atoms with van der Waals surface area (Å²) in [5.41, 5.74) is 5.38. The fourth-order valence-corrected chi connectivity index (χ4v) is 5.07. The molecule has 1 fully saturated rings. The number of likely N-dealkylation sites (tertiary alicyclic amines) is 1. The van der Waals surface area contributed by atoms with Crippen molar-refractivity contribution in [1.82, 2.24) is 19.6 Å². The molecule has 1 amide bonds. The Morgan fingerprint density at radius 1 is 1.31 bits per heavy atom. The van der Waals surface area contributed by atoms with Gasteiger partial charge in [0.2, 0.25) is 0 Å².